The van der Waals surface area contributed by atoms with Crippen molar-refractivity contribution in [3.63, 3.8) is 0 Å². The van der Waals surface area contributed by atoms with Gasteiger partial charge in [-0.1, -0.05) is 39.7 Å². The Hall–Kier alpha value is -1.89. The summed E-state index contributed by atoms with van der Waals surface area (Å²) in [6.45, 7) is 4.71. The second-order valence-electron chi connectivity index (χ2n) is 5.92. The molecule has 0 unspecified atom stereocenters. The summed E-state index contributed by atoms with van der Waals surface area (Å²) in [4.78, 5) is 0. The summed E-state index contributed by atoms with van der Waals surface area (Å²) in [5.74, 6) is 0. The lowest BCUT2D eigenvalue weighted by Gasteiger charge is -2.11. The SMILES string of the molecule is Cc1nn(Cc2ccc(Br)cc2)c(C)c1NC(=S)Nc1ccc(Cl)cc1. The van der Waals surface area contributed by atoms with Gasteiger partial charge >= 0.3 is 0 Å². The van der Waals surface area contributed by atoms with Gasteiger partial charge in [0.05, 0.1) is 23.6 Å². The van der Waals surface area contributed by atoms with E-state index in [1.165, 1.54) is 5.56 Å². The molecule has 0 atom stereocenters. The molecule has 1 aromatic heterocycles. The lowest BCUT2D eigenvalue weighted by molar-refractivity contribution is 0.659. The minimum Gasteiger partial charge on any atom is -0.332 e. The number of benzene rings is 2. The maximum absolute atomic E-state index is 5.91. The standard InChI is InChI=1S/C19H18BrClN4S/c1-12-18(23-19(26)22-17-9-7-16(21)8-10-17)13(2)25(24-12)11-14-3-5-15(20)6-4-14/h3-10H,11H2,1-2H3,(H2,22,23,26). The molecule has 7 heteroatoms. The number of thiocarbonyl (C=S) groups is 1. The molecule has 0 aliphatic rings. The first-order valence-electron chi connectivity index (χ1n) is 8.04. The Kier molecular flexibility index (Phi) is 5.96. The van der Waals surface area contributed by atoms with E-state index in [1.54, 1.807) is 0 Å². The molecular weight excluding hydrogens is 432 g/mol. The second-order valence-corrected chi connectivity index (χ2v) is 7.68. The zero-order valence-corrected chi connectivity index (χ0v) is 17.5. The fraction of sp³-hybridized carbons (Fsp3) is 0.158. The summed E-state index contributed by atoms with van der Waals surface area (Å²) in [5, 5.41) is 12.3. The van der Waals surface area contributed by atoms with E-state index in [4.69, 9.17) is 23.8 Å². The van der Waals surface area contributed by atoms with Gasteiger partial charge in [-0.2, -0.15) is 5.10 Å². The average Bonchev–Trinajstić information content (AvgIpc) is 2.86. The van der Waals surface area contributed by atoms with Gasteiger partial charge in [-0.3, -0.25) is 4.68 Å². The van der Waals surface area contributed by atoms with E-state index in [2.05, 4.69) is 43.8 Å². The Labute approximate surface area is 171 Å². The average molecular weight is 450 g/mol. The molecule has 0 aliphatic carbocycles. The molecule has 134 valence electrons. The van der Waals surface area contributed by atoms with Crippen LogP contribution in [-0.4, -0.2) is 14.9 Å². The van der Waals surface area contributed by atoms with Crippen LogP contribution in [0.3, 0.4) is 0 Å². The fourth-order valence-corrected chi connectivity index (χ4v) is 3.21. The minimum absolute atomic E-state index is 0.515. The predicted molar refractivity (Wildman–Crippen MR) is 116 cm³/mol. The molecule has 3 rings (SSSR count). The number of anilines is 2. The van der Waals surface area contributed by atoms with Crippen molar-refractivity contribution in [1.29, 1.82) is 0 Å². The van der Waals surface area contributed by atoms with Gasteiger partial charge in [0.1, 0.15) is 0 Å². The van der Waals surface area contributed by atoms with Crippen molar-refractivity contribution in [1.82, 2.24) is 9.78 Å². The summed E-state index contributed by atoms with van der Waals surface area (Å²) in [5.41, 5.74) is 4.93. The Bertz CT molecular complexity index is 920. The lowest BCUT2D eigenvalue weighted by Crippen LogP contribution is -2.19. The number of hydrogen-bond donors (Lipinski definition) is 2. The number of aromatic nitrogens is 2. The molecule has 0 fully saturated rings. The van der Waals surface area contributed by atoms with Crippen LogP contribution in [0, 0.1) is 13.8 Å². The fourth-order valence-electron chi connectivity index (χ4n) is 2.60. The van der Waals surface area contributed by atoms with Gasteiger partial charge in [0.2, 0.25) is 0 Å². The van der Waals surface area contributed by atoms with Gasteiger partial charge in [-0.25, -0.2) is 0 Å². The maximum atomic E-state index is 5.91. The molecule has 0 saturated carbocycles. The van der Waals surface area contributed by atoms with Gasteiger partial charge in [-0.15, -0.1) is 0 Å². The molecule has 3 aromatic rings. The van der Waals surface area contributed by atoms with Crippen LogP contribution in [0.5, 0.6) is 0 Å². The van der Waals surface area contributed by atoms with Crippen molar-refractivity contribution < 1.29 is 0 Å². The van der Waals surface area contributed by atoms with E-state index >= 15 is 0 Å². The van der Waals surface area contributed by atoms with Crippen molar-refractivity contribution in [2.45, 2.75) is 20.4 Å². The summed E-state index contributed by atoms with van der Waals surface area (Å²) < 4.78 is 3.04. The molecule has 0 amide bonds. The zero-order valence-electron chi connectivity index (χ0n) is 14.4. The highest BCUT2D eigenvalue weighted by Gasteiger charge is 2.13. The molecule has 0 spiro atoms. The third-order valence-corrected chi connectivity index (χ3v) is 4.95. The summed E-state index contributed by atoms with van der Waals surface area (Å²) in [6, 6.07) is 15.6. The Morgan fingerprint density at radius 2 is 1.73 bits per heavy atom. The second kappa shape index (κ2) is 8.20. The first-order chi connectivity index (χ1) is 12.4. The van der Waals surface area contributed by atoms with Gasteiger partial charge in [0, 0.05) is 15.2 Å². The third-order valence-electron chi connectivity index (χ3n) is 3.97. The highest BCUT2D eigenvalue weighted by molar-refractivity contribution is 9.10. The monoisotopic (exact) mass is 448 g/mol. The minimum atomic E-state index is 0.515. The number of nitrogens with zero attached hydrogens (tertiary/aromatic N) is 2. The van der Waals surface area contributed by atoms with E-state index in [9.17, 15) is 0 Å². The molecule has 2 aromatic carbocycles. The Morgan fingerprint density at radius 1 is 1.08 bits per heavy atom. The highest BCUT2D eigenvalue weighted by Crippen LogP contribution is 2.22. The van der Waals surface area contributed by atoms with Crippen molar-refractivity contribution >= 4 is 56.2 Å². The molecular formula is C19H18BrClN4S. The van der Waals surface area contributed by atoms with Crippen molar-refractivity contribution in [2.24, 2.45) is 0 Å². The molecule has 0 bridgehead atoms. The van der Waals surface area contributed by atoms with Crippen LogP contribution in [0.4, 0.5) is 11.4 Å². The summed E-state index contributed by atoms with van der Waals surface area (Å²) in [7, 11) is 0. The number of hydrogen-bond acceptors (Lipinski definition) is 2. The topological polar surface area (TPSA) is 41.9 Å². The zero-order chi connectivity index (χ0) is 18.7. The van der Waals surface area contributed by atoms with E-state index in [1.807, 2.05) is 54.9 Å². The molecule has 0 saturated heterocycles. The Morgan fingerprint density at radius 3 is 2.38 bits per heavy atom. The first kappa shape index (κ1) is 18.9. The summed E-state index contributed by atoms with van der Waals surface area (Å²) in [6.07, 6.45) is 0. The van der Waals surface area contributed by atoms with Crippen LogP contribution in [0.25, 0.3) is 0 Å². The van der Waals surface area contributed by atoms with Crippen LogP contribution >= 0.6 is 39.7 Å². The first-order valence-corrected chi connectivity index (χ1v) is 9.62. The number of aryl methyl sites for hydroxylation is 1. The van der Waals surface area contributed by atoms with Crippen LogP contribution in [0.1, 0.15) is 17.0 Å². The quantitative estimate of drug-likeness (QED) is 0.496. The molecule has 4 nitrogen and oxygen atoms in total. The molecule has 1 heterocycles. The smallest absolute Gasteiger partial charge is 0.175 e. The molecule has 0 aliphatic heterocycles. The highest BCUT2D eigenvalue weighted by atomic mass is 79.9. The maximum Gasteiger partial charge on any atom is 0.175 e. The number of nitrogens with one attached hydrogen (secondary N) is 2. The third kappa shape index (κ3) is 4.63. The van der Waals surface area contributed by atoms with Crippen molar-refractivity contribution in [3.8, 4) is 0 Å². The number of halogens is 2. The van der Waals surface area contributed by atoms with Crippen molar-refractivity contribution in [3.05, 3.63) is 75.0 Å². The van der Waals surface area contributed by atoms with Crippen LogP contribution in [0.2, 0.25) is 5.02 Å². The molecule has 26 heavy (non-hydrogen) atoms. The van der Waals surface area contributed by atoms with E-state index in [0.29, 0.717) is 16.7 Å². The van der Waals surface area contributed by atoms with Crippen molar-refractivity contribution in [2.75, 3.05) is 10.6 Å². The van der Waals surface area contributed by atoms with E-state index in [-0.39, 0.29) is 0 Å². The van der Waals surface area contributed by atoms with Gasteiger partial charge in [-0.05, 0) is 68.0 Å². The van der Waals surface area contributed by atoms with E-state index < -0.39 is 0 Å². The van der Waals surface area contributed by atoms with Crippen LogP contribution in [-0.2, 0) is 6.54 Å². The van der Waals surface area contributed by atoms with E-state index in [0.717, 1.165) is 27.2 Å². The lowest BCUT2D eigenvalue weighted by atomic mass is 10.2. The van der Waals surface area contributed by atoms with Gasteiger partial charge in [0.25, 0.3) is 0 Å². The van der Waals surface area contributed by atoms with Crippen LogP contribution in [0.15, 0.2) is 53.0 Å². The number of rotatable bonds is 4. The summed E-state index contributed by atoms with van der Waals surface area (Å²) >= 11 is 14.8. The van der Waals surface area contributed by atoms with Crippen LogP contribution < -0.4 is 10.6 Å². The van der Waals surface area contributed by atoms with Gasteiger partial charge < -0.3 is 10.6 Å². The largest absolute Gasteiger partial charge is 0.332 e. The normalized spacial score (nSPS) is 10.6. The Balaban J connectivity index is 1.71. The predicted octanol–water partition coefficient (Wildman–Crippen LogP) is 5.77. The molecule has 2 N–H and O–H groups in total. The molecule has 0 radical (unpaired) electrons. The van der Waals surface area contributed by atoms with Gasteiger partial charge in [0.15, 0.2) is 5.11 Å².